The Kier molecular flexibility index (Phi) is 9.07. The highest BCUT2D eigenvalue weighted by Crippen LogP contribution is 2.44. The van der Waals surface area contributed by atoms with Gasteiger partial charge in [-0.05, 0) is 43.1 Å². The van der Waals surface area contributed by atoms with Crippen molar-refractivity contribution in [2.24, 2.45) is 23.7 Å². The molecule has 0 aromatic rings. The van der Waals surface area contributed by atoms with Gasteiger partial charge in [-0.3, -0.25) is 9.59 Å². The number of rotatable bonds is 10. The van der Waals surface area contributed by atoms with Gasteiger partial charge in [0.1, 0.15) is 6.10 Å². The van der Waals surface area contributed by atoms with Gasteiger partial charge in [-0.25, -0.2) is 0 Å². The zero-order valence-electron chi connectivity index (χ0n) is 18.1. The highest BCUT2D eigenvalue weighted by Gasteiger charge is 2.42. The fraction of sp³-hybridized carbons (Fsp3) is 0.739. The number of aliphatic hydroxyl groups is 3. The van der Waals surface area contributed by atoms with Crippen LogP contribution in [0.3, 0.4) is 0 Å². The number of fused-ring (bicyclic) bond motifs is 1. The number of esters is 1. The van der Waals surface area contributed by atoms with Crippen LogP contribution in [0.5, 0.6) is 0 Å². The van der Waals surface area contributed by atoms with Crippen molar-refractivity contribution in [2.45, 2.75) is 83.7 Å². The minimum atomic E-state index is -1.10. The van der Waals surface area contributed by atoms with Crippen LogP contribution < -0.4 is 0 Å². The summed E-state index contributed by atoms with van der Waals surface area (Å²) >= 11 is 0. The summed E-state index contributed by atoms with van der Waals surface area (Å²) in [7, 11) is 0. The van der Waals surface area contributed by atoms with Crippen molar-refractivity contribution in [2.75, 3.05) is 0 Å². The monoisotopic (exact) mass is 424 g/mol. The number of carbonyl (C=O) groups is 2. The van der Waals surface area contributed by atoms with Gasteiger partial charge in [0, 0.05) is 12.3 Å². The first kappa shape index (κ1) is 24.6. The molecular formula is C23H36O7. The standard InChI is InChI=1S/C23H36O7/c1-4-13(2)23(29)30-20-11-17(25)9-15-6-5-14(3)19(22(15)20)8-7-16(24)10-18(26)12-21(27)28/h5-6,9,13-14,16-20,22,24-26H,4,7-8,10-12H2,1-3H3,(H,27,28)/t13-,14?,16?,17+,18+,19-,20?,22-/m0/s1. The number of hydrogen-bond acceptors (Lipinski definition) is 6. The molecule has 8 atom stereocenters. The quantitative estimate of drug-likeness (QED) is 0.397. The molecule has 7 heteroatoms. The lowest BCUT2D eigenvalue weighted by molar-refractivity contribution is -0.159. The van der Waals surface area contributed by atoms with Crippen LogP contribution in [0.1, 0.15) is 59.3 Å². The predicted molar refractivity (Wildman–Crippen MR) is 111 cm³/mol. The van der Waals surface area contributed by atoms with Crippen molar-refractivity contribution in [3.8, 4) is 0 Å². The molecule has 0 fully saturated rings. The van der Waals surface area contributed by atoms with Gasteiger partial charge in [-0.15, -0.1) is 0 Å². The first-order valence-corrected chi connectivity index (χ1v) is 11.0. The summed E-state index contributed by atoms with van der Waals surface area (Å²) in [6.07, 6.45) is 4.64. The smallest absolute Gasteiger partial charge is 0.308 e. The summed E-state index contributed by atoms with van der Waals surface area (Å²) in [4.78, 5) is 23.1. The molecule has 0 aromatic carbocycles. The van der Waals surface area contributed by atoms with Crippen molar-refractivity contribution in [3.63, 3.8) is 0 Å². The Bertz CT molecular complexity index is 656. The molecule has 3 unspecified atom stereocenters. The van der Waals surface area contributed by atoms with E-state index >= 15 is 0 Å². The van der Waals surface area contributed by atoms with E-state index in [1.165, 1.54) is 0 Å². The summed E-state index contributed by atoms with van der Waals surface area (Å²) in [5, 5.41) is 39.1. The molecule has 0 saturated heterocycles. The van der Waals surface area contributed by atoms with Crippen LogP contribution in [0, 0.1) is 23.7 Å². The van der Waals surface area contributed by atoms with E-state index in [1.807, 2.05) is 26.0 Å². The van der Waals surface area contributed by atoms with Crippen LogP contribution in [0.2, 0.25) is 0 Å². The molecule has 0 bridgehead atoms. The summed E-state index contributed by atoms with van der Waals surface area (Å²) in [5.41, 5.74) is 0.958. The van der Waals surface area contributed by atoms with Gasteiger partial charge in [0.15, 0.2) is 0 Å². The van der Waals surface area contributed by atoms with Gasteiger partial charge >= 0.3 is 11.9 Å². The number of carbonyl (C=O) groups excluding carboxylic acids is 1. The van der Waals surface area contributed by atoms with E-state index in [0.29, 0.717) is 25.7 Å². The maximum Gasteiger partial charge on any atom is 0.308 e. The Hall–Kier alpha value is -1.70. The largest absolute Gasteiger partial charge is 0.481 e. The van der Waals surface area contributed by atoms with Gasteiger partial charge in [-0.2, -0.15) is 0 Å². The number of allylic oxidation sites excluding steroid dienone is 2. The van der Waals surface area contributed by atoms with Crippen LogP contribution in [-0.4, -0.2) is 56.8 Å². The molecule has 0 saturated carbocycles. The molecule has 2 aliphatic carbocycles. The maximum atomic E-state index is 12.4. The van der Waals surface area contributed by atoms with Crippen LogP contribution >= 0.6 is 0 Å². The van der Waals surface area contributed by atoms with E-state index < -0.39 is 30.4 Å². The number of aliphatic carboxylic acids is 1. The number of carboxylic acid groups (broad SMARTS) is 1. The van der Waals surface area contributed by atoms with Crippen molar-refractivity contribution in [1.29, 1.82) is 0 Å². The van der Waals surface area contributed by atoms with E-state index in [2.05, 4.69) is 13.0 Å². The van der Waals surface area contributed by atoms with E-state index in [1.54, 1.807) is 0 Å². The second-order valence-corrected chi connectivity index (χ2v) is 8.88. The lowest BCUT2D eigenvalue weighted by Crippen LogP contribution is -2.43. The van der Waals surface area contributed by atoms with Crippen molar-refractivity contribution < 1.29 is 34.8 Å². The molecule has 2 rings (SSSR count). The fourth-order valence-electron chi connectivity index (χ4n) is 4.52. The third-order valence-electron chi connectivity index (χ3n) is 6.44. The Morgan fingerprint density at radius 3 is 2.60 bits per heavy atom. The number of hydrogen-bond donors (Lipinski definition) is 4. The lowest BCUT2D eigenvalue weighted by Gasteiger charge is -2.43. The molecule has 0 spiro atoms. The molecular weight excluding hydrogens is 388 g/mol. The first-order valence-electron chi connectivity index (χ1n) is 11.0. The molecule has 0 heterocycles. The molecule has 170 valence electrons. The molecule has 2 aliphatic rings. The first-order chi connectivity index (χ1) is 14.1. The van der Waals surface area contributed by atoms with Crippen LogP contribution in [0.25, 0.3) is 0 Å². The SMILES string of the molecule is CC[C@H](C)C(=O)OC1C[C@H](O)C=C2C=CC(C)[C@H](CCC(O)C[C@@H](O)CC(=O)O)[C@H]21. The zero-order chi connectivity index (χ0) is 22.4. The molecule has 0 radical (unpaired) electrons. The summed E-state index contributed by atoms with van der Waals surface area (Å²) in [6, 6.07) is 0. The van der Waals surface area contributed by atoms with E-state index in [-0.39, 0.29) is 42.5 Å². The van der Waals surface area contributed by atoms with Gasteiger partial charge in [0.2, 0.25) is 0 Å². The average molecular weight is 425 g/mol. The van der Waals surface area contributed by atoms with Crippen LogP contribution in [0.15, 0.2) is 23.8 Å². The highest BCUT2D eigenvalue weighted by atomic mass is 16.5. The summed E-state index contributed by atoms with van der Waals surface area (Å²) in [6.45, 7) is 5.85. The minimum Gasteiger partial charge on any atom is -0.481 e. The van der Waals surface area contributed by atoms with Crippen molar-refractivity contribution in [3.05, 3.63) is 23.8 Å². The Balaban J connectivity index is 2.09. The summed E-state index contributed by atoms with van der Waals surface area (Å²) in [5.74, 6) is -1.31. The molecule has 30 heavy (non-hydrogen) atoms. The third kappa shape index (κ3) is 6.65. The second-order valence-electron chi connectivity index (χ2n) is 8.88. The topological polar surface area (TPSA) is 124 Å². The Morgan fingerprint density at radius 1 is 1.27 bits per heavy atom. The molecule has 7 nitrogen and oxygen atoms in total. The molecule has 0 amide bonds. The fourth-order valence-corrected chi connectivity index (χ4v) is 4.52. The molecule has 0 aromatic heterocycles. The van der Waals surface area contributed by atoms with E-state index in [0.717, 1.165) is 5.57 Å². The molecule has 0 aliphatic heterocycles. The van der Waals surface area contributed by atoms with Gasteiger partial charge in [0.05, 0.1) is 30.7 Å². The third-order valence-corrected chi connectivity index (χ3v) is 6.44. The number of carboxylic acids is 1. The zero-order valence-corrected chi connectivity index (χ0v) is 18.1. The normalized spacial score (nSPS) is 31.3. The van der Waals surface area contributed by atoms with Crippen molar-refractivity contribution >= 4 is 11.9 Å². The minimum absolute atomic E-state index is 0.0156. The number of ether oxygens (including phenoxy) is 1. The Morgan fingerprint density at radius 2 is 1.97 bits per heavy atom. The Labute approximate surface area is 178 Å². The number of aliphatic hydroxyl groups excluding tert-OH is 3. The average Bonchev–Trinajstić information content (AvgIpc) is 2.65. The van der Waals surface area contributed by atoms with Gasteiger partial charge < -0.3 is 25.2 Å². The van der Waals surface area contributed by atoms with Crippen LogP contribution in [-0.2, 0) is 14.3 Å². The van der Waals surface area contributed by atoms with Crippen LogP contribution in [0.4, 0.5) is 0 Å². The van der Waals surface area contributed by atoms with Gasteiger partial charge in [-0.1, -0.05) is 39.0 Å². The van der Waals surface area contributed by atoms with E-state index in [9.17, 15) is 24.9 Å². The molecule has 4 N–H and O–H groups in total. The summed E-state index contributed by atoms with van der Waals surface area (Å²) < 4.78 is 5.84. The van der Waals surface area contributed by atoms with Crippen molar-refractivity contribution in [1.82, 2.24) is 0 Å². The van der Waals surface area contributed by atoms with E-state index in [4.69, 9.17) is 9.84 Å². The predicted octanol–water partition coefficient (Wildman–Crippen LogP) is 2.44. The highest BCUT2D eigenvalue weighted by molar-refractivity contribution is 5.72. The lowest BCUT2D eigenvalue weighted by atomic mass is 9.66. The second kappa shape index (κ2) is 11.1. The maximum absolute atomic E-state index is 12.4. The van der Waals surface area contributed by atoms with Gasteiger partial charge in [0.25, 0.3) is 0 Å².